The summed E-state index contributed by atoms with van der Waals surface area (Å²) < 4.78 is 5.37. The van der Waals surface area contributed by atoms with Gasteiger partial charge in [-0.25, -0.2) is 0 Å². The standard InChI is InChI=1S/C29H34N2O4S/c1-20-13-17-36-28(20)4-3-15-31-16-12-21(22(19-31)6-10-29(33)34)5-9-27(32)24-11-14-30-26-8-7-23(35-2)18-25(24)26/h7-8,11,13-14,17-18,21-22,27,32H,5-6,9-10,12,15-16,19H2,1-2H3,(H,33,34)/t21-,22+,27?/m1/s1. The fourth-order valence-corrected chi connectivity index (χ4v) is 5.93. The van der Waals surface area contributed by atoms with Crippen LogP contribution in [0.15, 0.2) is 41.9 Å². The van der Waals surface area contributed by atoms with E-state index < -0.39 is 12.1 Å². The van der Waals surface area contributed by atoms with Crippen molar-refractivity contribution in [1.29, 1.82) is 0 Å². The number of thiophene rings is 1. The number of aromatic nitrogens is 1. The van der Waals surface area contributed by atoms with Crippen LogP contribution in [-0.4, -0.2) is 52.8 Å². The molecule has 1 unspecified atom stereocenters. The quantitative estimate of drug-likeness (QED) is 0.384. The number of aryl methyl sites for hydroxylation is 1. The molecule has 6 nitrogen and oxygen atoms in total. The summed E-state index contributed by atoms with van der Waals surface area (Å²) in [5, 5.41) is 23.4. The van der Waals surface area contributed by atoms with Crippen LogP contribution in [0, 0.1) is 30.6 Å². The zero-order valence-electron chi connectivity index (χ0n) is 20.9. The molecule has 0 bridgehead atoms. The van der Waals surface area contributed by atoms with Gasteiger partial charge in [0.2, 0.25) is 0 Å². The van der Waals surface area contributed by atoms with Gasteiger partial charge in [-0.2, -0.15) is 0 Å². The van der Waals surface area contributed by atoms with Gasteiger partial charge in [-0.15, -0.1) is 11.3 Å². The van der Waals surface area contributed by atoms with Crippen molar-refractivity contribution in [2.75, 3.05) is 26.7 Å². The third-order valence-electron chi connectivity index (χ3n) is 7.22. The number of aliphatic hydroxyl groups excluding tert-OH is 1. The Hall–Kier alpha value is -2.92. The van der Waals surface area contributed by atoms with Gasteiger partial charge in [0.05, 0.1) is 30.2 Å². The SMILES string of the molecule is COc1ccc2nccc(C(O)CC[C@@H]3CCN(CC#Cc4sccc4C)C[C@@H]3CCC(=O)O)c2c1. The molecule has 0 spiro atoms. The molecule has 1 fully saturated rings. The van der Waals surface area contributed by atoms with Crippen LogP contribution in [0.5, 0.6) is 5.75 Å². The first-order chi connectivity index (χ1) is 17.4. The van der Waals surface area contributed by atoms with E-state index in [0.29, 0.717) is 25.3 Å². The second-order valence-electron chi connectivity index (χ2n) is 9.59. The lowest BCUT2D eigenvalue weighted by molar-refractivity contribution is -0.137. The predicted molar refractivity (Wildman–Crippen MR) is 143 cm³/mol. The van der Waals surface area contributed by atoms with E-state index in [1.54, 1.807) is 24.6 Å². The zero-order chi connectivity index (χ0) is 25.5. The number of ether oxygens (including phenoxy) is 1. The molecule has 0 aliphatic carbocycles. The van der Waals surface area contributed by atoms with Gasteiger partial charge in [-0.3, -0.25) is 14.7 Å². The lowest BCUT2D eigenvalue weighted by atomic mass is 9.79. The molecule has 2 aromatic heterocycles. The van der Waals surface area contributed by atoms with Gasteiger partial charge in [-0.1, -0.05) is 11.8 Å². The molecule has 1 saturated heterocycles. The second kappa shape index (κ2) is 12.4. The minimum Gasteiger partial charge on any atom is -0.497 e. The number of nitrogens with zero attached hydrogens (tertiary/aromatic N) is 2. The predicted octanol–water partition coefficient (Wildman–Crippen LogP) is 5.28. The van der Waals surface area contributed by atoms with Gasteiger partial charge in [0, 0.05) is 24.5 Å². The Labute approximate surface area is 216 Å². The summed E-state index contributed by atoms with van der Waals surface area (Å²) in [7, 11) is 1.63. The van der Waals surface area contributed by atoms with Gasteiger partial charge >= 0.3 is 5.97 Å². The molecule has 0 amide bonds. The van der Waals surface area contributed by atoms with Crippen molar-refractivity contribution in [3.8, 4) is 17.6 Å². The van der Waals surface area contributed by atoms with Crippen molar-refractivity contribution in [3.63, 3.8) is 0 Å². The van der Waals surface area contributed by atoms with E-state index in [0.717, 1.165) is 53.0 Å². The minimum absolute atomic E-state index is 0.173. The molecule has 4 rings (SSSR count). The Morgan fingerprint density at radius 1 is 1.28 bits per heavy atom. The number of carboxylic acids is 1. The van der Waals surface area contributed by atoms with E-state index in [-0.39, 0.29) is 12.3 Å². The van der Waals surface area contributed by atoms with Crippen LogP contribution in [-0.2, 0) is 4.79 Å². The Kier molecular flexibility index (Phi) is 8.98. The van der Waals surface area contributed by atoms with Crippen LogP contribution in [0.3, 0.4) is 0 Å². The Morgan fingerprint density at radius 3 is 2.89 bits per heavy atom. The summed E-state index contributed by atoms with van der Waals surface area (Å²) in [4.78, 5) is 19.2. The van der Waals surface area contributed by atoms with Crippen LogP contribution in [0.2, 0.25) is 0 Å². The second-order valence-corrected chi connectivity index (χ2v) is 10.5. The van der Waals surface area contributed by atoms with Crippen LogP contribution in [0.4, 0.5) is 0 Å². The number of carbonyl (C=O) groups is 1. The molecular formula is C29H34N2O4S. The van der Waals surface area contributed by atoms with E-state index in [4.69, 9.17) is 4.74 Å². The molecule has 1 aliphatic heterocycles. The molecular weight excluding hydrogens is 472 g/mol. The highest BCUT2D eigenvalue weighted by molar-refractivity contribution is 7.10. The molecule has 3 atom stereocenters. The van der Waals surface area contributed by atoms with Crippen LogP contribution in [0.1, 0.15) is 54.2 Å². The van der Waals surface area contributed by atoms with Crippen LogP contribution < -0.4 is 4.74 Å². The molecule has 3 heterocycles. The number of aliphatic carboxylic acids is 1. The summed E-state index contributed by atoms with van der Waals surface area (Å²) in [5.74, 6) is 7.24. The number of rotatable bonds is 9. The van der Waals surface area contributed by atoms with Gasteiger partial charge in [0.1, 0.15) is 5.75 Å². The third-order valence-corrected chi connectivity index (χ3v) is 8.16. The van der Waals surface area contributed by atoms with Crippen LogP contribution in [0.25, 0.3) is 10.9 Å². The Morgan fingerprint density at radius 2 is 2.14 bits per heavy atom. The van der Waals surface area contributed by atoms with Crippen LogP contribution >= 0.6 is 11.3 Å². The fourth-order valence-electron chi connectivity index (χ4n) is 5.14. The maximum absolute atomic E-state index is 11.3. The van der Waals surface area contributed by atoms with E-state index in [2.05, 4.69) is 40.1 Å². The minimum atomic E-state index is -0.754. The van der Waals surface area contributed by atoms with Crippen molar-refractivity contribution >= 4 is 28.2 Å². The number of hydrogen-bond donors (Lipinski definition) is 2. The average Bonchev–Trinajstić information content (AvgIpc) is 3.30. The molecule has 3 aromatic rings. The average molecular weight is 507 g/mol. The van der Waals surface area contributed by atoms with Gasteiger partial charge < -0.3 is 14.9 Å². The zero-order valence-corrected chi connectivity index (χ0v) is 21.8. The first kappa shape index (κ1) is 26.2. The highest BCUT2D eigenvalue weighted by atomic mass is 32.1. The summed E-state index contributed by atoms with van der Waals surface area (Å²) >= 11 is 1.67. The van der Waals surface area contributed by atoms with Crippen molar-refractivity contribution in [2.45, 2.75) is 45.1 Å². The maximum atomic E-state index is 11.3. The van der Waals surface area contributed by atoms with E-state index in [1.807, 2.05) is 24.3 Å². The van der Waals surface area contributed by atoms with Gasteiger partial charge in [-0.05, 0) is 97.8 Å². The smallest absolute Gasteiger partial charge is 0.303 e. The van der Waals surface area contributed by atoms with E-state index >= 15 is 0 Å². The number of fused-ring (bicyclic) bond motifs is 1. The third kappa shape index (κ3) is 6.64. The Balaban J connectivity index is 1.40. The molecule has 7 heteroatoms. The first-order valence-electron chi connectivity index (χ1n) is 12.5. The lowest BCUT2D eigenvalue weighted by Gasteiger charge is -2.38. The van der Waals surface area contributed by atoms with E-state index in [1.165, 1.54) is 5.56 Å². The molecule has 36 heavy (non-hydrogen) atoms. The number of carboxylic acid groups (broad SMARTS) is 1. The topological polar surface area (TPSA) is 82.9 Å². The summed E-state index contributed by atoms with van der Waals surface area (Å²) in [6, 6.07) is 9.67. The molecule has 2 N–H and O–H groups in total. The van der Waals surface area contributed by atoms with Crippen molar-refractivity contribution in [1.82, 2.24) is 9.88 Å². The molecule has 190 valence electrons. The van der Waals surface area contributed by atoms with Crippen molar-refractivity contribution < 1.29 is 19.7 Å². The first-order valence-corrected chi connectivity index (χ1v) is 13.4. The number of hydrogen-bond acceptors (Lipinski definition) is 6. The monoisotopic (exact) mass is 506 g/mol. The molecule has 0 saturated carbocycles. The maximum Gasteiger partial charge on any atom is 0.303 e. The summed E-state index contributed by atoms with van der Waals surface area (Å²) in [6.07, 6.45) is 4.42. The highest BCUT2D eigenvalue weighted by Gasteiger charge is 2.30. The number of aliphatic hydroxyl groups is 1. The van der Waals surface area contributed by atoms with Gasteiger partial charge in [0.15, 0.2) is 0 Å². The van der Waals surface area contributed by atoms with Crippen molar-refractivity contribution in [2.24, 2.45) is 11.8 Å². The number of likely N-dealkylation sites (tertiary alicyclic amines) is 1. The molecule has 1 aromatic carbocycles. The Bertz CT molecular complexity index is 1240. The van der Waals surface area contributed by atoms with Gasteiger partial charge in [0.25, 0.3) is 0 Å². The number of benzene rings is 1. The molecule has 1 aliphatic rings. The molecule has 0 radical (unpaired) electrons. The fraction of sp³-hybridized carbons (Fsp3) is 0.448. The van der Waals surface area contributed by atoms with E-state index in [9.17, 15) is 15.0 Å². The largest absolute Gasteiger partial charge is 0.497 e. The summed E-state index contributed by atoms with van der Waals surface area (Å²) in [5.41, 5.74) is 2.90. The number of piperidine rings is 1. The normalized spacial score (nSPS) is 19.0. The van der Waals surface area contributed by atoms with Crippen molar-refractivity contribution in [3.05, 3.63) is 57.9 Å². The highest BCUT2D eigenvalue weighted by Crippen LogP contribution is 2.35. The summed E-state index contributed by atoms with van der Waals surface area (Å²) in [6.45, 7) is 4.56. The number of pyridine rings is 1. The number of methoxy groups -OCH3 is 1. The lowest BCUT2D eigenvalue weighted by Crippen LogP contribution is -2.41.